The number of halogens is 1. The Morgan fingerprint density at radius 1 is 1.29 bits per heavy atom. The zero-order valence-electron chi connectivity index (χ0n) is 15.3. The van der Waals surface area contributed by atoms with Crippen molar-refractivity contribution in [3.8, 4) is 0 Å². The largest absolute Gasteiger partial charge is 0.381 e. The molecule has 0 aromatic carbocycles. The van der Waals surface area contributed by atoms with Crippen LogP contribution < -0.4 is 10.6 Å². The minimum Gasteiger partial charge on any atom is -0.381 e. The molecular weight excluding hydrogens is 437 g/mol. The maximum absolute atomic E-state index is 5.52. The number of thiazole rings is 1. The summed E-state index contributed by atoms with van der Waals surface area (Å²) in [7, 11) is 6.09. The van der Waals surface area contributed by atoms with Gasteiger partial charge in [-0.25, -0.2) is 4.98 Å². The number of hydrogen-bond acceptors (Lipinski definition) is 5. The van der Waals surface area contributed by atoms with Gasteiger partial charge in [0.25, 0.3) is 0 Å². The molecule has 1 saturated heterocycles. The molecule has 6 nitrogen and oxygen atoms in total. The number of nitrogens with zero attached hydrogens (tertiary/aromatic N) is 3. The second kappa shape index (κ2) is 9.88. The van der Waals surface area contributed by atoms with Gasteiger partial charge in [-0.05, 0) is 40.8 Å². The van der Waals surface area contributed by atoms with Crippen molar-refractivity contribution in [2.45, 2.75) is 38.8 Å². The van der Waals surface area contributed by atoms with E-state index >= 15 is 0 Å². The van der Waals surface area contributed by atoms with Gasteiger partial charge in [0.05, 0.1) is 12.2 Å². The minimum atomic E-state index is 0. The second-order valence-electron chi connectivity index (χ2n) is 6.26. The molecule has 138 valence electrons. The van der Waals surface area contributed by atoms with Gasteiger partial charge in [0.15, 0.2) is 5.96 Å². The fourth-order valence-electron chi connectivity index (χ4n) is 2.78. The lowest BCUT2D eigenvalue weighted by Gasteiger charge is -2.43. The number of rotatable bonds is 5. The summed E-state index contributed by atoms with van der Waals surface area (Å²) < 4.78 is 5.52. The van der Waals surface area contributed by atoms with Gasteiger partial charge in [0, 0.05) is 37.2 Å². The van der Waals surface area contributed by atoms with E-state index in [-0.39, 0.29) is 29.5 Å². The van der Waals surface area contributed by atoms with Crippen LogP contribution in [0.15, 0.2) is 4.99 Å². The number of aryl methyl sites for hydroxylation is 2. The molecule has 0 bridgehead atoms. The molecule has 0 unspecified atom stereocenters. The van der Waals surface area contributed by atoms with E-state index in [4.69, 9.17) is 4.74 Å². The van der Waals surface area contributed by atoms with E-state index in [1.54, 1.807) is 18.4 Å². The highest BCUT2D eigenvalue weighted by Gasteiger charge is 2.34. The first kappa shape index (κ1) is 21.6. The summed E-state index contributed by atoms with van der Waals surface area (Å²) in [6.07, 6.45) is 2.07. The van der Waals surface area contributed by atoms with Gasteiger partial charge in [0.2, 0.25) is 0 Å². The van der Waals surface area contributed by atoms with Gasteiger partial charge in [0.1, 0.15) is 5.01 Å². The number of ether oxygens (including phenoxy) is 1. The molecule has 1 aromatic rings. The zero-order chi connectivity index (χ0) is 16.9. The monoisotopic (exact) mass is 467 g/mol. The average Bonchev–Trinajstić information content (AvgIpc) is 2.86. The van der Waals surface area contributed by atoms with Gasteiger partial charge in [-0.2, -0.15) is 0 Å². The predicted molar refractivity (Wildman–Crippen MR) is 112 cm³/mol. The third-order valence-corrected chi connectivity index (χ3v) is 5.73. The summed E-state index contributed by atoms with van der Waals surface area (Å²) in [6, 6.07) is 0. The van der Waals surface area contributed by atoms with E-state index in [2.05, 4.69) is 46.5 Å². The summed E-state index contributed by atoms with van der Waals surface area (Å²) in [5.74, 6) is 0.822. The fourth-order valence-corrected chi connectivity index (χ4v) is 3.65. The van der Waals surface area contributed by atoms with Crippen LogP contribution in [0.5, 0.6) is 0 Å². The molecule has 0 amide bonds. The van der Waals surface area contributed by atoms with Crippen LogP contribution in [0.25, 0.3) is 0 Å². The molecule has 1 aromatic heterocycles. The Balaban J connectivity index is 0.00000288. The zero-order valence-corrected chi connectivity index (χ0v) is 18.5. The first-order chi connectivity index (χ1) is 11.0. The highest BCUT2D eigenvalue weighted by Crippen LogP contribution is 2.25. The molecule has 0 aliphatic carbocycles. The summed E-state index contributed by atoms with van der Waals surface area (Å²) >= 11 is 1.74. The molecule has 1 aliphatic heterocycles. The van der Waals surface area contributed by atoms with Crippen LogP contribution in [0.1, 0.15) is 28.4 Å². The van der Waals surface area contributed by atoms with E-state index in [9.17, 15) is 0 Å². The highest BCUT2D eigenvalue weighted by molar-refractivity contribution is 14.0. The predicted octanol–water partition coefficient (Wildman–Crippen LogP) is 2.15. The number of aromatic nitrogens is 1. The number of hydrogen-bond donors (Lipinski definition) is 2. The molecule has 2 heterocycles. The molecule has 0 atom stereocenters. The van der Waals surface area contributed by atoms with E-state index in [0.29, 0.717) is 6.54 Å². The minimum absolute atomic E-state index is 0. The Bertz CT molecular complexity index is 521. The molecule has 0 radical (unpaired) electrons. The summed E-state index contributed by atoms with van der Waals surface area (Å²) in [5, 5.41) is 7.92. The number of guanidine groups is 1. The van der Waals surface area contributed by atoms with Crippen LogP contribution in [0.4, 0.5) is 0 Å². The van der Waals surface area contributed by atoms with Gasteiger partial charge >= 0.3 is 0 Å². The maximum Gasteiger partial charge on any atom is 0.191 e. The van der Waals surface area contributed by atoms with Crippen molar-refractivity contribution in [2.24, 2.45) is 4.99 Å². The van der Waals surface area contributed by atoms with Gasteiger partial charge < -0.3 is 20.3 Å². The standard InChI is InChI=1S/C16H29N5OS.HI/c1-12-13(2)23-14(20-12)10-18-15(17-3)19-11-16(21(4)5)6-8-22-9-7-16;/h6-11H2,1-5H3,(H2,17,18,19);1H. The van der Waals surface area contributed by atoms with E-state index in [0.717, 1.165) is 49.3 Å². The Hall–Kier alpha value is -0.450. The molecule has 24 heavy (non-hydrogen) atoms. The Labute approximate surface area is 166 Å². The Morgan fingerprint density at radius 3 is 2.46 bits per heavy atom. The number of likely N-dealkylation sites (N-methyl/N-ethyl adjacent to an activating group) is 1. The van der Waals surface area contributed by atoms with Crippen LogP contribution in [0.2, 0.25) is 0 Å². The van der Waals surface area contributed by atoms with Crippen LogP contribution in [0.3, 0.4) is 0 Å². The first-order valence-corrected chi connectivity index (χ1v) is 8.91. The smallest absolute Gasteiger partial charge is 0.191 e. The number of aliphatic imine (C=N–C) groups is 1. The lowest BCUT2D eigenvalue weighted by Crippen LogP contribution is -2.57. The normalized spacial score (nSPS) is 17.5. The Morgan fingerprint density at radius 2 is 1.96 bits per heavy atom. The molecule has 0 saturated carbocycles. The highest BCUT2D eigenvalue weighted by atomic mass is 127. The number of nitrogens with one attached hydrogen (secondary N) is 2. The van der Waals surface area contributed by atoms with Crippen LogP contribution in [0, 0.1) is 13.8 Å². The van der Waals surface area contributed by atoms with Crippen molar-refractivity contribution in [2.75, 3.05) is 40.9 Å². The maximum atomic E-state index is 5.52. The lowest BCUT2D eigenvalue weighted by molar-refractivity contribution is -0.00501. The second-order valence-corrected chi connectivity index (χ2v) is 7.55. The molecule has 2 rings (SSSR count). The third-order valence-electron chi connectivity index (χ3n) is 4.66. The topological polar surface area (TPSA) is 61.8 Å². The molecule has 1 aliphatic rings. The molecule has 1 fully saturated rings. The van der Waals surface area contributed by atoms with Crippen LogP contribution >= 0.6 is 35.3 Å². The van der Waals surface area contributed by atoms with E-state index in [1.165, 1.54) is 4.88 Å². The van der Waals surface area contributed by atoms with Crippen LogP contribution in [-0.2, 0) is 11.3 Å². The third kappa shape index (κ3) is 5.53. The fraction of sp³-hybridized carbons (Fsp3) is 0.750. The van der Waals surface area contributed by atoms with Crippen LogP contribution in [-0.4, -0.2) is 62.3 Å². The lowest BCUT2D eigenvalue weighted by atomic mass is 9.88. The van der Waals surface area contributed by atoms with Crippen molar-refractivity contribution in [3.05, 3.63) is 15.6 Å². The van der Waals surface area contributed by atoms with Crippen molar-refractivity contribution < 1.29 is 4.74 Å². The van der Waals surface area contributed by atoms with E-state index in [1.807, 2.05) is 6.92 Å². The van der Waals surface area contributed by atoms with Gasteiger partial charge in [-0.15, -0.1) is 35.3 Å². The summed E-state index contributed by atoms with van der Waals surface area (Å²) in [4.78, 5) is 12.5. The van der Waals surface area contributed by atoms with Crippen molar-refractivity contribution in [3.63, 3.8) is 0 Å². The first-order valence-electron chi connectivity index (χ1n) is 8.09. The van der Waals surface area contributed by atoms with Crippen molar-refractivity contribution in [1.82, 2.24) is 20.5 Å². The Kier molecular flexibility index (Phi) is 8.89. The van der Waals surface area contributed by atoms with Gasteiger partial charge in [-0.3, -0.25) is 4.99 Å². The quantitative estimate of drug-likeness (QED) is 0.395. The average molecular weight is 467 g/mol. The van der Waals surface area contributed by atoms with Crippen molar-refractivity contribution >= 4 is 41.3 Å². The molecular formula is C16H30IN5OS. The summed E-state index contributed by atoms with van der Waals surface area (Å²) in [5.41, 5.74) is 1.24. The van der Waals surface area contributed by atoms with E-state index < -0.39 is 0 Å². The SMILES string of the molecule is CN=C(NCc1nc(C)c(C)s1)NCC1(N(C)C)CCOCC1.I. The van der Waals surface area contributed by atoms with Gasteiger partial charge in [-0.1, -0.05) is 0 Å². The molecule has 2 N–H and O–H groups in total. The summed E-state index contributed by atoms with van der Waals surface area (Å²) in [6.45, 7) is 7.37. The molecule has 8 heteroatoms. The molecule has 0 spiro atoms. The van der Waals surface area contributed by atoms with Crippen molar-refractivity contribution in [1.29, 1.82) is 0 Å².